The summed E-state index contributed by atoms with van der Waals surface area (Å²) in [5.74, 6) is -0.716. The van der Waals surface area contributed by atoms with Gasteiger partial charge in [-0.05, 0) is 30.7 Å². The molecule has 3 rings (SSSR count). The fourth-order valence-electron chi connectivity index (χ4n) is 2.12. The Morgan fingerprint density at radius 1 is 1.38 bits per heavy atom. The van der Waals surface area contributed by atoms with Gasteiger partial charge in [-0.25, -0.2) is 0 Å². The first-order valence-electron chi connectivity index (χ1n) is 6.06. The maximum Gasteiger partial charge on any atom is 1.00 e. The summed E-state index contributed by atoms with van der Waals surface area (Å²) in [4.78, 5) is 21.2. The van der Waals surface area contributed by atoms with Crippen LogP contribution in [0.3, 0.4) is 0 Å². The van der Waals surface area contributed by atoms with E-state index in [0.717, 1.165) is 16.8 Å². The maximum atomic E-state index is 10.9. The summed E-state index contributed by atoms with van der Waals surface area (Å²) in [5, 5.41) is 9.07. The van der Waals surface area contributed by atoms with E-state index >= 15 is 0 Å². The van der Waals surface area contributed by atoms with Gasteiger partial charge in [0.05, 0.1) is 11.5 Å². The number of fused-ring (bicyclic) bond motifs is 2. The van der Waals surface area contributed by atoms with Gasteiger partial charge in [-0.15, -0.1) is 0 Å². The third-order valence-corrected chi connectivity index (χ3v) is 3.37. The number of carbonyl (C=O) groups is 2. The van der Waals surface area contributed by atoms with Crippen molar-refractivity contribution in [1.29, 1.82) is 0 Å². The second-order valence-electron chi connectivity index (χ2n) is 4.71. The molecule has 1 heterocycles. The molecule has 0 fully saturated rings. The number of hydrogen-bond donors (Lipinski definition) is 1. The van der Waals surface area contributed by atoms with E-state index in [4.69, 9.17) is 16.7 Å². The number of allylic oxidation sites excluding steroid dienone is 6. The molecule has 21 heavy (non-hydrogen) atoms. The van der Waals surface area contributed by atoms with Crippen LogP contribution in [0.5, 0.6) is 0 Å². The fraction of sp³-hybridized carbons (Fsp3) is 0.200. The van der Waals surface area contributed by atoms with Gasteiger partial charge in [0.1, 0.15) is 0 Å². The molecular formula is C15H14ClNNaO3+. The number of rotatable bonds is 2. The van der Waals surface area contributed by atoms with Gasteiger partial charge in [0.15, 0.2) is 5.78 Å². The van der Waals surface area contributed by atoms with Crippen molar-refractivity contribution < 1.29 is 44.3 Å². The number of halogens is 1. The van der Waals surface area contributed by atoms with Gasteiger partial charge in [0, 0.05) is 30.1 Å². The van der Waals surface area contributed by atoms with E-state index in [1.54, 1.807) is 18.2 Å². The van der Waals surface area contributed by atoms with Gasteiger partial charge in [0.2, 0.25) is 0 Å². The Morgan fingerprint density at radius 2 is 2.05 bits per heavy atom. The van der Waals surface area contributed by atoms with Crippen LogP contribution >= 0.6 is 11.6 Å². The summed E-state index contributed by atoms with van der Waals surface area (Å²) in [6.45, 7) is 1.95. The van der Waals surface area contributed by atoms with Crippen molar-refractivity contribution in [1.82, 2.24) is 4.57 Å². The first-order valence-corrected chi connectivity index (χ1v) is 6.44. The van der Waals surface area contributed by atoms with Gasteiger partial charge in [-0.1, -0.05) is 17.7 Å². The summed E-state index contributed by atoms with van der Waals surface area (Å²) >= 11 is 5.63. The van der Waals surface area contributed by atoms with E-state index < -0.39 is 5.97 Å². The van der Waals surface area contributed by atoms with Gasteiger partial charge < -0.3 is 9.67 Å². The number of carboxylic acids is 1. The molecule has 0 saturated carbocycles. The van der Waals surface area contributed by atoms with E-state index in [1.165, 1.54) is 0 Å². The summed E-state index contributed by atoms with van der Waals surface area (Å²) in [6, 6.07) is 1.88. The molecule has 0 amide bonds. The van der Waals surface area contributed by atoms with E-state index in [1.807, 2.05) is 30.8 Å². The van der Waals surface area contributed by atoms with Gasteiger partial charge in [-0.2, -0.15) is 0 Å². The number of aryl methyl sites for hydroxylation is 2. The van der Waals surface area contributed by atoms with E-state index in [0.29, 0.717) is 10.6 Å². The fourth-order valence-corrected chi connectivity index (χ4v) is 2.38. The zero-order valence-electron chi connectivity index (χ0n) is 12.2. The van der Waals surface area contributed by atoms with Crippen molar-refractivity contribution in [2.24, 2.45) is 7.05 Å². The quantitative estimate of drug-likeness (QED) is 0.750. The van der Waals surface area contributed by atoms with E-state index in [2.05, 4.69) is 0 Å². The van der Waals surface area contributed by atoms with Crippen LogP contribution in [0, 0.1) is 6.92 Å². The first kappa shape index (κ1) is 18.0. The molecule has 2 aliphatic carbocycles. The van der Waals surface area contributed by atoms with Crippen LogP contribution in [0.2, 0.25) is 0 Å². The zero-order valence-corrected chi connectivity index (χ0v) is 14.9. The van der Waals surface area contributed by atoms with Crippen molar-refractivity contribution in [3.8, 4) is 0 Å². The Hall–Kier alpha value is -1.07. The van der Waals surface area contributed by atoms with Crippen molar-refractivity contribution in [3.05, 3.63) is 57.9 Å². The molecular weight excluding hydrogens is 301 g/mol. The normalized spacial score (nSPS) is 14.6. The Balaban J connectivity index is 0.000000203. The Morgan fingerprint density at radius 3 is 2.33 bits per heavy atom. The number of hydrogen-bond acceptors (Lipinski definition) is 2. The summed E-state index contributed by atoms with van der Waals surface area (Å²) in [5.41, 5.74) is 3.31. The predicted octanol–water partition coefficient (Wildman–Crippen LogP) is -0.477. The smallest absolute Gasteiger partial charge is 0.481 e. The van der Waals surface area contributed by atoms with Crippen LogP contribution < -0.4 is 29.6 Å². The zero-order chi connectivity index (χ0) is 14.9. The van der Waals surface area contributed by atoms with Crippen molar-refractivity contribution >= 4 is 23.4 Å². The van der Waals surface area contributed by atoms with Crippen LogP contribution in [-0.4, -0.2) is 21.4 Å². The topological polar surface area (TPSA) is 59.3 Å². The van der Waals surface area contributed by atoms with Crippen LogP contribution in [0.25, 0.3) is 0 Å². The summed E-state index contributed by atoms with van der Waals surface area (Å²) in [6.07, 6.45) is 7.24. The monoisotopic (exact) mass is 314 g/mol. The second kappa shape index (κ2) is 7.27. The standard InChI is InChI=1S/C8H11NO2.C7H3ClO.Na/c1-6-3-7(4-8(10)11)9(2)5-6;8-6-3-4-1-2-5(6)7(4)9;/h3,5H,4H2,1-2H3,(H,10,11);1-3H;/q;;+1. The average molecular weight is 315 g/mol. The van der Waals surface area contributed by atoms with Gasteiger partial charge in [0.25, 0.3) is 0 Å². The van der Waals surface area contributed by atoms with Gasteiger partial charge in [-0.3, -0.25) is 9.59 Å². The van der Waals surface area contributed by atoms with Crippen LogP contribution in [0.15, 0.2) is 46.7 Å². The molecule has 0 unspecified atom stereocenters. The minimum absolute atomic E-state index is 0. The number of aliphatic carboxylic acids is 1. The molecule has 104 valence electrons. The molecule has 0 aromatic carbocycles. The van der Waals surface area contributed by atoms with Crippen molar-refractivity contribution in [3.63, 3.8) is 0 Å². The Kier molecular flexibility index (Phi) is 6.23. The summed E-state index contributed by atoms with van der Waals surface area (Å²) < 4.78 is 1.84. The first-order chi connectivity index (χ1) is 9.38. The summed E-state index contributed by atoms with van der Waals surface area (Å²) in [7, 11) is 1.85. The molecule has 2 bridgehead atoms. The Labute approximate surface area is 150 Å². The molecule has 0 radical (unpaired) electrons. The van der Waals surface area contributed by atoms with Crippen molar-refractivity contribution in [2.75, 3.05) is 0 Å². The minimum atomic E-state index is -0.786. The molecule has 1 aromatic rings. The number of Topliss-reactive ketones (excluding diaryl/α,β-unsaturated/α-hetero) is 1. The van der Waals surface area contributed by atoms with Crippen LogP contribution in [-0.2, 0) is 23.1 Å². The number of carbonyl (C=O) groups excluding carboxylic acids is 1. The minimum Gasteiger partial charge on any atom is -0.481 e. The molecule has 0 spiro atoms. The largest absolute Gasteiger partial charge is 1.00 e. The molecule has 0 atom stereocenters. The molecule has 6 heteroatoms. The SMILES string of the molecule is Cc1cc(CC(=O)O)n(C)c1.O=C1C2=CC(Cl)=C1C=C2.[Na+]. The molecule has 0 saturated heterocycles. The van der Waals surface area contributed by atoms with Crippen LogP contribution in [0.1, 0.15) is 11.3 Å². The molecule has 4 nitrogen and oxygen atoms in total. The average Bonchev–Trinajstić information content (AvgIpc) is 2.93. The third-order valence-electron chi connectivity index (χ3n) is 3.05. The number of ketones is 1. The van der Waals surface area contributed by atoms with E-state index in [9.17, 15) is 9.59 Å². The van der Waals surface area contributed by atoms with Crippen molar-refractivity contribution in [2.45, 2.75) is 13.3 Å². The Bertz CT molecular complexity index is 683. The molecule has 1 N–H and O–H groups in total. The number of aromatic nitrogens is 1. The second-order valence-corrected chi connectivity index (χ2v) is 5.12. The number of nitrogens with zero attached hydrogens (tertiary/aromatic N) is 1. The number of carboxylic acid groups (broad SMARTS) is 1. The predicted molar refractivity (Wildman–Crippen MR) is 76.6 cm³/mol. The molecule has 0 aliphatic heterocycles. The third kappa shape index (κ3) is 4.20. The molecule has 1 aromatic heterocycles. The van der Waals surface area contributed by atoms with Crippen LogP contribution in [0.4, 0.5) is 0 Å². The van der Waals surface area contributed by atoms with E-state index in [-0.39, 0.29) is 41.8 Å². The molecule has 2 aliphatic rings. The van der Waals surface area contributed by atoms with Gasteiger partial charge >= 0.3 is 35.5 Å². The maximum absolute atomic E-state index is 10.9.